The molecule has 7 nitrogen and oxygen atoms in total. The first kappa shape index (κ1) is 15.1. The minimum absolute atomic E-state index is 0.0265. The van der Waals surface area contributed by atoms with Gasteiger partial charge in [-0.25, -0.2) is 0 Å². The number of aliphatic hydroxyl groups excluding tert-OH is 2. The summed E-state index contributed by atoms with van der Waals surface area (Å²) < 4.78 is 4.36. The van der Waals surface area contributed by atoms with E-state index in [2.05, 4.69) is 4.74 Å². The summed E-state index contributed by atoms with van der Waals surface area (Å²) >= 11 is 0. The van der Waals surface area contributed by atoms with Crippen LogP contribution in [0.4, 0.5) is 5.69 Å². The Kier molecular flexibility index (Phi) is 4.96. The summed E-state index contributed by atoms with van der Waals surface area (Å²) in [6, 6.07) is 4.18. The van der Waals surface area contributed by atoms with Crippen LogP contribution in [0.3, 0.4) is 0 Å². The molecule has 2 N–H and O–H groups in total. The van der Waals surface area contributed by atoms with Crippen LogP contribution in [0.25, 0.3) is 0 Å². The van der Waals surface area contributed by atoms with Crippen LogP contribution in [-0.4, -0.2) is 34.3 Å². The molecule has 2 unspecified atom stereocenters. The van der Waals surface area contributed by atoms with Crippen molar-refractivity contribution in [2.75, 3.05) is 7.11 Å². The second-order valence-electron chi connectivity index (χ2n) is 4.11. The molecule has 1 rings (SSSR count). The van der Waals surface area contributed by atoms with E-state index in [1.165, 1.54) is 18.2 Å². The molecule has 1 aromatic rings. The number of nitro benzene ring substituents is 1. The molecule has 0 aromatic heterocycles. The first-order valence-electron chi connectivity index (χ1n) is 5.54. The Balaban J connectivity index is 3.03. The monoisotopic (exact) mass is 269 g/mol. The standard InChI is InChI=1S/C12H15NO6/c1-7-3-4-9(13(17)18)8(5-7)12(16)10(14)6-11(15)19-2/h3-5,10,12,14,16H,6H2,1-2H3. The maximum atomic E-state index is 11.0. The van der Waals surface area contributed by atoms with E-state index in [4.69, 9.17) is 0 Å². The van der Waals surface area contributed by atoms with Gasteiger partial charge < -0.3 is 14.9 Å². The van der Waals surface area contributed by atoms with Gasteiger partial charge >= 0.3 is 5.97 Å². The van der Waals surface area contributed by atoms with Crippen LogP contribution >= 0.6 is 0 Å². The number of aliphatic hydroxyl groups is 2. The predicted octanol–water partition coefficient (Wildman–Crippen LogP) is 0.861. The number of methoxy groups -OCH3 is 1. The number of nitro groups is 1. The molecule has 2 atom stereocenters. The second-order valence-corrected chi connectivity index (χ2v) is 4.11. The van der Waals surface area contributed by atoms with Crippen LogP contribution in [-0.2, 0) is 9.53 Å². The van der Waals surface area contributed by atoms with Crippen molar-refractivity contribution in [3.8, 4) is 0 Å². The summed E-state index contributed by atoms with van der Waals surface area (Å²) in [4.78, 5) is 21.2. The van der Waals surface area contributed by atoms with E-state index >= 15 is 0 Å². The van der Waals surface area contributed by atoms with Gasteiger partial charge in [-0.1, -0.05) is 11.6 Å². The van der Waals surface area contributed by atoms with Gasteiger partial charge in [0.2, 0.25) is 0 Å². The highest BCUT2D eigenvalue weighted by Crippen LogP contribution is 2.29. The van der Waals surface area contributed by atoms with Crippen LogP contribution in [0, 0.1) is 17.0 Å². The number of esters is 1. The lowest BCUT2D eigenvalue weighted by Gasteiger charge is -2.17. The second kappa shape index (κ2) is 6.26. The summed E-state index contributed by atoms with van der Waals surface area (Å²) in [7, 11) is 1.15. The summed E-state index contributed by atoms with van der Waals surface area (Å²) in [5, 5.41) is 30.5. The number of carbonyl (C=O) groups excluding carboxylic acids is 1. The SMILES string of the molecule is COC(=O)CC(O)C(O)c1cc(C)ccc1[N+](=O)[O-]. The van der Waals surface area contributed by atoms with Crippen molar-refractivity contribution in [3.05, 3.63) is 39.4 Å². The van der Waals surface area contributed by atoms with E-state index in [1.807, 2.05) is 0 Å². The zero-order valence-corrected chi connectivity index (χ0v) is 10.6. The average Bonchev–Trinajstić information content (AvgIpc) is 2.36. The first-order chi connectivity index (χ1) is 8.86. The van der Waals surface area contributed by atoms with Crippen LogP contribution < -0.4 is 0 Å². The topological polar surface area (TPSA) is 110 Å². The van der Waals surface area contributed by atoms with Crippen molar-refractivity contribution in [1.29, 1.82) is 0 Å². The van der Waals surface area contributed by atoms with Crippen molar-refractivity contribution in [2.24, 2.45) is 0 Å². The lowest BCUT2D eigenvalue weighted by Crippen LogP contribution is -2.23. The molecule has 1 aromatic carbocycles. The molecular weight excluding hydrogens is 254 g/mol. The molecule has 0 spiro atoms. The van der Waals surface area contributed by atoms with Gasteiger partial charge in [0, 0.05) is 6.07 Å². The highest BCUT2D eigenvalue weighted by Gasteiger charge is 2.28. The fourth-order valence-corrected chi connectivity index (χ4v) is 1.65. The Labute approximate surface area is 109 Å². The summed E-state index contributed by atoms with van der Waals surface area (Å²) in [6.07, 6.45) is -3.43. The number of rotatable bonds is 5. The Hall–Kier alpha value is -1.99. The van der Waals surface area contributed by atoms with Gasteiger partial charge in [-0.2, -0.15) is 0 Å². The zero-order chi connectivity index (χ0) is 14.6. The predicted molar refractivity (Wildman–Crippen MR) is 65.4 cm³/mol. The van der Waals surface area contributed by atoms with Crippen molar-refractivity contribution in [1.82, 2.24) is 0 Å². The van der Waals surface area contributed by atoms with Gasteiger partial charge in [-0.15, -0.1) is 0 Å². The number of carbonyl (C=O) groups is 1. The molecule has 0 fully saturated rings. The summed E-state index contributed by atoms with van der Waals surface area (Å²) in [6.45, 7) is 1.70. The molecule has 0 bridgehead atoms. The third-order valence-corrected chi connectivity index (χ3v) is 2.67. The van der Waals surface area contributed by atoms with Crippen molar-refractivity contribution < 1.29 is 24.7 Å². The maximum Gasteiger partial charge on any atom is 0.308 e. The minimum Gasteiger partial charge on any atom is -0.469 e. The normalized spacial score (nSPS) is 13.7. The molecular formula is C12H15NO6. The number of ether oxygens (including phenoxy) is 1. The van der Waals surface area contributed by atoms with Gasteiger partial charge in [0.25, 0.3) is 5.69 Å². The molecule has 0 aliphatic heterocycles. The van der Waals surface area contributed by atoms with E-state index in [9.17, 15) is 25.1 Å². The van der Waals surface area contributed by atoms with Crippen LogP contribution in [0.2, 0.25) is 0 Å². The highest BCUT2D eigenvalue weighted by molar-refractivity contribution is 5.69. The third kappa shape index (κ3) is 3.73. The molecule has 0 amide bonds. The molecule has 0 radical (unpaired) electrons. The Morgan fingerprint density at radius 3 is 2.63 bits per heavy atom. The fourth-order valence-electron chi connectivity index (χ4n) is 1.65. The van der Waals surface area contributed by atoms with Crippen LogP contribution in [0.1, 0.15) is 23.7 Å². The van der Waals surface area contributed by atoms with Crippen LogP contribution in [0.5, 0.6) is 0 Å². The molecule has 0 heterocycles. The number of benzene rings is 1. The first-order valence-corrected chi connectivity index (χ1v) is 5.54. The molecule has 0 saturated carbocycles. The Morgan fingerprint density at radius 2 is 2.11 bits per heavy atom. The minimum atomic E-state index is -1.53. The van der Waals surface area contributed by atoms with E-state index in [-0.39, 0.29) is 11.3 Å². The van der Waals surface area contributed by atoms with Crippen molar-refractivity contribution in [2.45, 2.75) is 25.6 Å². The van der Waals surface area contributed by atoms with E-state index in [0.717, 1.165) is 7.11 Å². The number of hydrogen-bond acceptors (Lipinski definition) is 6. The quantitative estimate of drug-likeness (QED) is 0.466. The number of nitrogens with zero attached hydrogens (tertiary/aromatic N) is 1. The van der Waals surface area contributed by atoms with Crippen LogP contribution in [0.15, 0.2) is 18.2 Å². The summed E-state index contributed by atoms with van der Waals surface area (Å²) in [5.41, 5.74) is 0.369. The number of aryl methyl sites for hydroxylation is 1. The van der Waals surface area contributed by atoms with Gasteiger partial charge in [0.15, 0.2) is 0 Å². The fraction of sp³-hybridized carbons (Fsp3) is 0.417. The van der Waals surface area contributed by atoms with E-state index in [1.54, 1.807) is 6.92 Å². The number of hydrogen-bond donors (Lipinski definition) is 2. The third-order valence-electron chi connectivity index (χ3n) is 2.67. The van der Waals surface area contributed by atoms with Gasteiger partial charge in [-0.3, -0.25) is 14.9 Å². The van der Waals surface area contributed by atoms with Crippen molar-refractivity contribution in [3.63, 3.8) is 0 Å². The molecule has 104 valence electrons. The van der Waals surface area contributed by atoms with E-state index in [0.29, 0.717) is 5.56 Å². The maximum absolute atomic E-state index is 11.0. The molecule has 19 heavy (non-hydrogen) atoms. The van der Waals surface area contributed by atoms with E-state index < -0.39 is 29.5 Å². The smallest absolute Gasteiger partial charge is 0.308 e. The average molecular weight is 269 g/mol. The largest absolute Gasteiger partial charge is 0.469 e. The lowest BCUT2D eigenvalue weighted by atomic mass is 9.98. The summed E-state index contributed by atoms with van der Waals surface area (Å²) in [5.74, 6) is -0.707. The lowest BCUT2D eigenvalue weighted by molar-refractivity contribution is -0.386. The van der Waals surface area contributed by atoms with Gasteiger partial charge in [-0.05, 0) is 13.0 Å². The highest BCUT2D eigenvalue weighted by atomic mass is 16.6. The van der Waals surface area contributed by atoms with Gasteiger partial charge in [0.1, 0.15) is 6.10 Å². The zero-order valence-electron chi connectivity index (χ0n) is 10.6. The molecule has 0 aliphatic rings. The Bertz CT molecular complexity index is 487. The van der Waals surface area contributed by atoms with Gasteiger partial charge in [0.05, 0.1) is 30.1 Å². The van der Waals surface area contributed by atoms with Crippen molar-refractivity contribution >= 4 is 11.7 Å². The molecule has 0 saturated heterocycles. The Morgan fingerprint density at radius 1 is 1.47 bits per heavy atom. The molecule has 7 heteroatoms. The molecule has 0 aliphatic carbocycles.